The normalized spacial score (nSPS) is 11.6. The van der Waals surface area contributed by atoms with E-state index in [0.717, 1.165) is 45.6 Å². The zero-order chi connectivity index (χ0) is 22.2. The molecule has 0 amide bonds. The highest BCUT2D eigenvalue weighted by Crippen LogP contribution is 2.33. The summed E-state index contributed by atoms with van der Waals surface area (Å²) in [7, 11) is 3.29. The summed E-state index contributed by atoms with van der Waals surface area (Å²) < 4.78 is 14.8. The molecule has 0 saturated heterocycles. The van der Waals surface area contributed by atoms with Gasteiger partial charge in [0.15, 0.2) is 11.6 Å². The van der Waals surface area contributed by atoms with Gasteiger partial charge in [-0.3, -0.25) is 4.57 Å². The lowest BCUT2D eigenvalue weighted by Gasteiger charge is -2.08. The van der Waals surface area contributed by atoms with Crippen molar-refractivity contribution in [3.05, 3.63) is 70.8 Å². The zero-order valence-corrected chi connectivity index (χ0v) is 18.4. The maximum absolute atomic E-state index is 5.35. The van der Waals surface area contributed by atoms with Gasteiger partial charge < -0.3 is 14.0 Å². The Morgan fingerprint density at radius 1 is 1.06 bits per heavy atom. The van der Waals surface area contributed by atoms with E-state index in [1.165, 1.54) is 0 Å². The van der Waals surface area contributed by atoms with Crippen LogP contribution >= 0.6 is 0 Å². The van der Waals surface area contributed by atoms with Gasteiger partial charge in [0.25, 0.3) is 0 Å². The number of nitrogens with zero attached hydrogens (tertiary/aromatic N) is 6. The van der Waals surface area contributed by atoms with Crippen molar-refractivity contribution in [3.8, 4) is 34.7 Å². The second-order valence-corrected chi connectivity index (χ2v) is 7.62. The molecule has 0 unspecified atom stereocenters. The lowest BCUT2D eigenvalue weighted by Crippen LogP contribution is -2.09. The predicted molar refractivity (Wildman–Crippen MR) is 119 cm³/mol. The molecule has 8 heteroatoms. The molecule has 0 atom stereocenters. The fraction of sp³-hybridized carbons (Fsp3) is 0.250. The van der Waals surface area contributed by atoms with E-state index < -0.39 is 0 Å². The van der Waals surface area contributed by atoms with Crippen LogP contribution in [0.2, 0.25) is 0 Å². The van der Waals surface area contributed by atoms with Crippen LogP contribution in [-0.2, 0) is 17.9 Å². The summed E-state index contributed by atoms with van der Waals surface area (Å²) >= 11 is 0. The molecule has 4 aromatic rings. The Morgan fingerprint density at radius 3 is 2.72 bits per heavy atom. The molecule has 0 bridgehead atoms. The molecular weight excluding hydrogens is 404 g/mol. The quantitative estimate of drug-likeness (QED) is 0.413. The summed E-state index contributed by atoms with van der Waals surface area (Å²) in [6.07, 6.45) is 1.82. The average Bonchev–Trinajstić information content (AvgIpc) is 3.34. The fourth-order valence-corrected chi connectivity index (χ4v) is 3.92. The molecule has 0 radical (unpaired) electrons. The van der Waals surface area contributed by atoms with Gasteiger partial charge in [0, 0.05) is 12.7 Å². The van der Waals surface area contributed by atoms with E-state index in [2.05, 4.69) is 66.3 Å². The van der Waals surface area contributed by atoms with Gasteiger partial charge >= 0.3 is 0 Å². The van der Waals surface area contributed by atoms with Crippen molar-refractivity contribution in [1.82, 2.24) is 29.3 Å². The maximum atomic E-state index is 5.35. The maximum Gasteiger partial charge on any atom is 0.166 e. The smallest absolute Gasteiger partial charge is 0.166 e. The Labute approximate surface area is 185 Å². The molecule has 32 heavy (non-hydrogen) atoms. The number of hydrogen-bond donors (Lipinski definition) is 0. The van der Waals surface area contributed by atoms with Crippen LogP contribution < -0.4 is 4.74 Å². The van der Waals surface area contributed by atoms with Gasteiger partial charge in [-0.05, 0) is 50.0 Å². The summed E-state index contributed by atoms with van der Waals surface area (Å²) in [5.74, 6) is 8.66. The van der Waals surface area contributed by atoms with E-state index in [1.54, 1.807) is 14.2 Å². The second-order valence-electron chi connectivity index (χ2n) is 7.62. The van der Waals surface area contributed by atoms with Crippen LogP contribution in [0.25, 0.3) is 17.1 Å². The van der Waals surface area contributed by atoms with Crippen molar-refractivity contribution in [2.75, 3.05) is 14.2 Å². The van der Waals surface area contributed by atoms with E-state index in [9.17, 15) is 0 Å². The number of hydrogen-bond acceptors (Lipinski definition) is 6. The van der Waals surface area contributed by atoms with E-state index in [1.807, 2.05) is 25.4 Å². The number of aromatic nitrogens is 6. The van der Waals surface area contributed by atoms with Gasteiger partial charge in [-0.2, -0.15) is 0 Å². The third-order valence-corrected chi connectivity index (χ3v) is 5.49. The molecule has 3 aromatic heterocycles. The lowest BCUT2D eigenvalue weighted by atomic mass is 10.1. The van der Waals surface area contributed by atoms with Crippen molar-refractivity contribution in [1.29, 1.82) is 0 Å². The van der Waals surface area contributed by atoms with Crippen LogP contribution in [0.1, 0.15) is 34.2 Å². The Balaban J connectivity index is 1.64. The fourth-order valence-electron chi connectivity index (χ4n) is 3.92. The van der Waals surface area contributed by atoms with Gasteiger partial charge in [-0.15, -0.1) is 10.2 Å². The third-order valence-electron chi connectivity index (χ3n) is 5.49. The van der Waals surface area contributed by atoms with Crippen molar-refractivity contribution in [2.45, 2.75) is 27.0 Å². The Morgan fingerprint density at radius 2 is 1.94 bits per heavy atom. The molecule has 0 saturated carbocycles. The van der Waals surface area contributed by atoms with E-state index in [4.69, 9.17) is 9.47 Å². The number of methoxy groups -OCH3 is 2. The number of fused-ring (bicyclic) bond motifs is 5. The molecule has 1 aliphatic rings. The van der Waals surface area contributed by atoms with E-state index >= 15 is 0 Å². The monoisotopic (exact) mass is 426 g/mol. The molecule has 0 N–H and O–H groups in total. The standard InChI is InChI=1S/C24H22N6O2/c1-15-5-9-20-18(11-15)24-28-27-23(13-31-3)29(24)12-21-19(25-14-30(20)21)8-6-17-7-10-22(32-4)16(2)26-17/h5,7,9-11,14H,12-13H2,1-4H3. The number of ether oxygens (including phenoxy) is 2. The average molecular weight is 426 g/mol. The molecule has 8 nitrogen and oxygen atoms in total. The van der Waals surface area contributed by atoms with Crippen LogP contribution in [-0.4, -0.2) is 43.5 Å². The van der Waals surface area contributed by atoms with Gasteiger partial charge in [0.1, 0.15) is 30.1 Å². The van der Waals surface area contributed by atoms with Gasteiger partial charge in [-0.25, -0.2) is 9.97 Å². The Hall–Kier alpha value is -3.96. The second kappa shape index (κ2) is 7.94. The first kappa shape index (κ1) is 20.0. The first-order valence-corrected chi connectivity index (χ1v) is 10.2. The van der Waals surface area contributed by atoms with Crippen molar-refractivity contribution < 1.29 is 9.47 Å². The largest absolute Gasteiger partial charge is 0.495 e. The van der Waals surface area contributed by atoms with Gasteiger partial charge in [0.05, 0.1) is 30.7 Å². The van der Waals surface area contributed by atoms with Crippen molar-refractivity contribution >= 4 is 0 Å². The summed E-state index contributed by atoms with van der Waals surface area (Å²) in [6.45, 7) is 4.88. The highest BCUT2D eigenvalue weighted by molar-refractivity contribution is 5.70. The highest BCUT2D eigenvalue weighted by Gasteiger charge is 2.25. The van der Waals surface area contributed by atoms with Crippen LogP contribution in [0.5, 0.6) is 5.75 Å². The van der Waals surface area contributed by atoms with Crippen molar-refractivity contribution in [2.24, 2.45) is 0 Å². The van der Waals surface area contributed by atoms with Crippen LogP contribution in [0.4, 0.5) is 0 Å². The molecule has 4 heterocycles. The predicted octanol–water partition coefficient (Wildman–Crippen LogP) is 3.06. The van der Waals surface area contributed by atoms with Crippen LogP contribution in [0.15, 0.2) is 36.7 Å². The minimum atomic E-state index is 0.373. The Kier molecular flexibility index (Phi) is 4.96. The number of aryl methyl sites for hydroxylation is 2. The summed E-state index contributed by atoms with van der Waals surface area (Å²) in [4.78, 5) is 9.13. The molecular formula is C24H22N6O2. The van der Waals surface area contributed by atoms with E-state index in [0.29, 0.717) is 24.5 Å². The molecule has 0 aliphatic carbocycles. The molecule has 1 aromatic carbocycles. The number of imidazole rings is 1. The lowest BCUT2D eigenvalue weighted by molar-refractivity contribution is 0.174. The van der Waals surface area contributed by atoms with Crippen LogP contribution in [0.3, 0.4) is 0 Å². The number of rotatable bonds is 3. The molecule has 0 spiro atoms. The van der Waals surface area contributed by atoms with Crippen LogP contribution in [0, 0.1) is 25.7 Å². The first-order chi connectivity index (χ1) is 15.6. The SMILES string of the molecule is COCc1nnc2n1Cc1c(C#Cc3ccc(OC)c(C)n3)ncn1-c1ccc(C)cc1-2. The molecule has 160 valence electrons. The minimum absolute atomic E-state index is 0.373. The van der Waals surface area contributed by atoms with Gasteiger partial charge in [0.2, 0.25) is 0 Å². The number of benzene rings is 1. The minimum Gasteiger partial charge on any atom is -0.495 e. The summed E-state index contributed by atoms with van der Waals surface area (Å²) in [5, 5.41) is 8.84. The zero-order valence-electron chi connectivity index (χ0n) is 18.4. The third kappa shape index (κ3) is 3.33. The van der Waals surface area contributed by atoms with Crippen molar-refractivity contribution in [3.63, 3.8) is 0 Å². The summed E-state index contributed by atoms with van der Waals surface area (Å²) in [6, 6.07) is 10.0. The highest BCUT2D eigenvalue weighted by atomic mass is 16.5. The molecule has 0 fully saturated rings. The summed E-state index contributed by atoms with van der Waals surface area (Å²) in [5.41, 5.74) is 6.27. The van der Waals surface area contributed by atoms with E-state index in [-0.39, 0.29) is 0 Å². The van der Waals surface area contributed by atoms with Gasteiger partial charge in [-0.1, -0.05) is 11.6 Å². The molecule has 1 aliphatic heterocycles. The first-order valence-electron chi connectivity index (χ1n) is 10.2. The molecule has 5 rings (SSSR count). The Bertz CT molecular complexity index is 1390. The number of pyridine rings is 1. The topological polar surface area (TPSA) is 79.9 Å².